The summed E-state index contributed by atoms with van der Waals surface area (Å²) < 4.78 is 0. The van der Waals surface area contributed by atoms with Crippen LogP contribution in [0.4, 0.5) is 0 Å². The summed E-state index contributed by atoms with van der Waals surface area (Å²) in [7, 11) is 0. The van der Waals surface area contributed by atoms with E-state index in [2.05, 4.69) is 19.1 Å². The first kappa shape index (κ1) is 16.2. The van der Waals surface area contributed by atoms with Crippen LogP contribution in [0, 0.1) is 0 Å². The van der Waals surface area contributed by atoms with Crippen molar-refractivity contribution in [3.05, 3.63) is 12.2 Å². The van der Waals surface area contributed by atoms with Crippen molar-refractivity contribution in [3.8, 4) is 0 Å². The average molecular weight is 242 g/mol. The van der Waals surface area contributed by atoms with Crippen molar-refractivity contribution >= 4 is 5.97 Å². The topological polar surface area (TPSA) is 57.5 Å². The molecule has 0 aromatic carbocycles. The number of unbranched alkanes of at least 4 members (excludes halogenated alkanes) is 6. The van der Waals surface area contributed by atoms with Crippen molar-refractivity contribution < 1.29 is 15.0 Å². The van der Waals surface area contributed by atoms with Gasteiger partial charge in [-0.2, -0.15) is 0 Å². The lowest BCUT2D eigenvalue weighted by Gasteiger charge is -2.04. The Morgan fingerprint density at radius 1 is 1.06 bits per heavy atom. The van der Waals surface area contributed by atoms with Gasteiger partial charge < -0.3 is 10.2 Å². The Hall–Kier alpha value is -0.830. The number of carbonyl (C=O) groups is 1. The Kier molecular flexibility index (Phi) is 11.1. The lowest BCUT2D eigenvalue weighted by Crippen LogP contribution is -2.18. The van der Waals surface area contributed by atoms with E-state index in [4.69, 9.17) is 10.2 Å². The zero-order valence-corrected chi connectivity index (χ0v) is 10.9. The molecule has 0 heterocycles. The normalized spacial score (nSPS) is 13.1. The van der Waals surface area contributed by atoms with Crippen LogP contribution in [0.1, 0.15) is 64.7 Å². The van der Waals surface area contributed by atoms with E-state index >= 15 is 0 Å². The summed E-state index contributed by atoms with van der Waals surface area (Å²) in [4.78, 5) is 10.3. The quantitative estimate of drug-likeness (QED) is 0.430. The summed E-state index contributed by atoms with van der Waals surface area (Å²) in [5.74, 6) is -1.11. The number of hydrogen-bond acceptors (Lipinski definition) is 2. The minimum Gasteiger partial charge on any atom is -0.479 e. The van der Waals surface area contributed by atoms with Crippen molar-refractivity contribution in [1.82, 2.24) is 0 Å². The van der Waals surface area contributed by atoms with Gasteiger partial charge in [0, 0.05) is 0 Å². The van der Waals surface area contributed by atoms with Crippen molar-refractivity contribution in [3.63, 3.8) is 0 Å². The lowest BCUT2D eigenvalue weighted by atomic mass is 10.1. The molecule has 0 bridgehead atoms. The fourth-order valence-electron chi connectivity index (χ4n) is 1.63. The average Bonchev–Trinajstić information content (AvgIpc) is 2.31. The van der Waals surface area contributed by atoms with Gasteiger partial charge in [-0.1, -0.05) is 51.2 Å². The number of hydrogen-bond donors (Lipinski definition) is 2. The Balaban J connectivity index is 3.18. The molecule has 0 radical (unpaired) electrons. The van der Waals surface area contributed by atoms with Gasteiger partial charge in [-0.05, 0) is 25.7 Å². The molecule has 0 saturated heterocycles. The van der Waals surface area contributed by atoms with Crippen molar-refractivity contribution in [1.29, 1.82) is 0 Å². The van der Waals surface area contributed by atoms with Crippen LogP contribution in [-0.4, -0.2) is 22.3 Å². The third-order valence-electron chi connectivity index (χ3n) is 2.77. The maximum absolute atomic E-state index is 10.3. The molecule has 17 heavy (non-hydrogen) atoms. The number of carboxylic acids is 1. The van der Waals surface area contributed by atoms with Gasteiger partial charge >= 0.3 is 5.97 Å². The Morgan fingerprint density at radius 3 is 2.24 bits per heavy atom. The molecular formula is C14H26O3. The van der Waals surface area contributed by atoms with Crippen LogP contribution < -0.4 is 0 Å². The van der Waals surface area contributed by atoms with E-state index in [9.17, 15) is 4.79 Å². The molecule has 100 valence electrons. The van der Waals surface area contributed by atoms with Crippen LogP contribution in [0.15, 0.2) is 12.2 Å². The van der Waals surface area contributed by atoms with Crippen LogP contribution in [0.5, 0.6) is 0 Å². The van der Waals surface area contributed by atoms with Gasteiger partial charge in [-0.25, -0.2) is 4.79 Å². The summed E-state index contributed by atoms with van der Waals surface area (Å²) in [6.07, 6.45) is 12.6. The third-order valence-corrected chi connectivity index (χ3v) is 2.77. The maximum atomic E-state index is 10.3. The molecular weight excluding hydrogens is 216 g/mol. The summed E-state index contributed by atoms with van der Waals surface area (Å²) in [6, 6.07) is 0. The molecule has 0 aliphatic carbocycles. The van der Waals surface area contributed by atoms with E-state index in [0.29, 0.717) is 6.42 Å². The van der Waals surface area contributed by atoms with E-state index in [1.165, 1.54) is 19.3 Å². The lowest BCUT2D eigenvalue weighted by molar-refractivity contribution is -0.146. The van der Waals surface area contributed by atoms with Crippen molar-refractivity contribution in [2.75, 3.05) is 0 Å². The van der Waals surface area contributed by atoms with Crippen LogP contribution in [0.2, 0.25) is 0 Å². The van der Waals surface area contributed by atoms with Gasteiger partial charge in [0.1, 0.15) is 0 Å². The number of aliphatic carboxylic acids is 1. The maximum Gasteiger partial charge on any atom is 0.332 e. The van der Waals surface area contributed by atoms with E-state index in [1.54, 1.807) is 0 Å². The second-order valence-electron chi connectivity index (χ2n) is 4.46. The molecule has 0 rings (SSSR count). The van der Waals surface area contributed by atoms with Crippen LogP contribution in [0.3, 0.4) is 0 Å². The Bertz CT molecular complexity index is 212. The molecule has 1 atom stereocenters. The number of aliphatic hydroxyl groups is 1. The Labute approximate surface area is 105 Å². The predicted molar refractivity (Wildman–Crippen MR) is 70.0 cm³/mol. The smallest absolute Gasteiger partial charge is 0.332 e. The first-order valence-electron chi connectivity index (χ1n) is 6.74. The fraction of sp³-hybridized carbons (Fsp3) is 0.786. The second-order valence-corrected chi connectivity index (χ2v) is 4.46. The van der Waals surface area contributed by atoms with E-state index in [-0.39, 0.29) is 0 Å². The van der Waals surface area contributed by atoms with E-state index in [0.717, 1.165) is 32.1 Å². The van der Waals surface area contributed by atoms with Crippen molar-refractivity contribution in [2.24, 2.45) is 0 Å². The molecule has 3 heteroatoms. The highest BCUT2D eigenvalue weighted by Crippen LogP contribution is 2.08. The zero-order chi connectivity index (χ0) is 12.9. The molecule has 0 aliphatic rings. The SMILES string of the molecule is CCCCC=CCCCCCCC(O)C(=O)O. The molecule has 0 saturated carbocycles. The first-order chi connectivity index (χ1) is 8.18. The van der Waals surface area contributed by atoms with Gasteiger partial charge in [0.25, 0.3) is 0 Å². The zero-order valence-electron chi connectivity index (χ0n) is 10.9. The van der Waals surface area contributed by atoms with Gasteiger partial charge in [0.2, 0.25) is 0 Å². The molecule has 3 nitrogen and oxygen atoms in total. The molecule has 2 N–H and O–H groups in total. The molecule has 0 fully saturated rings. The molecule has 1 unspecified atom stereocenters. The third kappa shape index (κ3) is 11.4. The number of aliphatic hydroxyl groups excluding tert-OH is 1. The first-order valence-corrected chi connectivity index (χ1v) is 6.74. The minimum absolute atomic E-state index is 0.377. The largest absolute Gasteiger partial charge is 0.479 e. The molecule has 0 aliphatic heterocycles. The van der Waals surface area contributed by atoms with E-state index in [1.807, 2.05) is 0 Å². The number of allylic oxidation sites excluding steroid dienone is 2. The molecule has 0 amide bonds. The summed E-state index contributed by atoms with van der Waals surface area (Å²) in [6.45, 7) is 2.19. The number of rotatable bonds is 11. The van der Waals surface area contributed by atoms with Crippen LogP contribution >= 0.6 is 0 Å². The van der Waals surface area contributed by atoms with Gasteiger partial charge in [0.05, 0.1) is 0 Å². The van der Waals surface area contributed by atoms with Crippen LogP contribution in [-0.2, 0) is 4.79 Å². The summed E-state index contributed by atoms with van der Waals surface area (Å²) in [5, 5.41) is 17.5. The molecule has 0 spiro atoms. The highest BCUT2D eigenvalue weighted by Gasteiger charge is 2.11. The molecule has 0 aromatic heterocycles. The van der Waals surface area contributed by atoms with Gasteiger partial charge in [-0.3, -0.25) is 0 Å². The monoisotopic (exact) mass is 242 g/mol. The molecule has 0 aromatic rings. The highest BCUT2D eigenvalue weighted by atomic mass is 16.4. The fourth-order valence-corrected chi connectivity index (χ4v) is 1.63. The second kappa shape index (κ2) is 11.6. The van der Waals surface area contributed by atoms with Crippen molar-refractivity contribution in [2.45, 2.75) is 70.8 Å². The summed E-state index contributed by atoms with van der Waals surface area (Å²) in [5.41, 5.74) is 0. The summed E-state index contributed by atoms with van der Waals surface area (Å²) >= 11 is 0. The number of carboxylic acid groups (broad SMARTS) is 1. The van der Waals surface area contributed by atoms with Gasteiger partial charge in [-0.15, -0.1) is 0 Å². The van der Waals surface area contributed by atoms with Gasteiger partial charge in [0.15, 0.2) is 6.10 Å². The van der Waals surface area contributed by atoms with Crippen LogP contribution in [0.25, 0.3) is 0 Å². The standard InChI is InChI=1S/C14H26O3/c1-2-3-4-5-6-7-8-9-10-11-12-13(15)14(16)17/h5-6,13,15H,2-4,7-12H2,1H3,(H,16,17). The highest BCUT2D eigenvalue weighted by molar-refractivity contribution is 5.71. The Morgan fingerprint density at radius 2 is 1.65 bits per heavy atom. The predicted octanol–water partition coefficient (Wildman–Crippen LogP) is 3.52. The minimum atomic E-state index is -1.18. The van der Waals surface area contributed by atoms with E-state index < -0.39 is 12.1 Å².